The van der Waals surface area contributed by atoms with Crippen molar-refractivity contribution in [2.75, 3.05) is 39.6 Å². The molecular formula is C81H136O17P2. The highest BCUT2D eigenvalue weighted by Gasteiger charge is 2.30. The van der Waals surface area contributed by atoms with E-state index in [0.29, 0.717) is 25.7 Å². The average molecular weight is 1440 g/mol. The summed E-state index contributed by atoms with van der Waals surface area (Å²) in [6, 6.07) is 0. The SMILES string of the molecule is CC/C=C\C/C=C\C/C=C\C/C=C\C/C=C\CCCCCC(=O)OCC(COP(=O)(O)OCC(O)COP(=O)(O)OCC(COC(=O)C/C=C\C/C=C\C/C=C\C/C=C\C/C=C\CC)OC(=O)CCCCCCC/C=C\CCCCCC)OC(=O)CCCCCCCCCCCCCCC. The first-order valence-electron chi connectivity index (χ1n) is 38.4. The summed E-state index contributed by atoms with van der Waals surface area (Å²) in [5.74, 6) is -2.37. The van der Waals surface area contributed by atoms with E-state index in [2.05, 4.69) is 137 Å². The van der Waals surface area contributed by atoms with Crippen LogP contribution in [0.4, 0.5) is 0 Å². The van der Waals surface area contributed by atoms with Crippen LogP contribution in [0.3, 0.4) is 0 Å². The summed E-state index contributed by atoms with van der Waals surface area (Å²) in [7, 11) is -9.99. The zero-order chi connectivity index (χ0) is 73.2. The Morgan fingerprint density at radius 1 is 0.300 bits per heavy atom. The van der Waals surface area contributed by atoms with Crippen LogP contribution in [0.25, 0.3) is 0 Å². The fourth-order valence-corrected chi connectivity index (χ4v) is 11.4. The molecule has 0 rings (SSSR count). The van der Waals surface area contributed by atoms with Gasteiger partial charge in [0.2, 0.25) is 0 Å². The number of unbranched alkanes of at least 4 members (excludes halogenated alkanes) is 24. The minimum absolute atomic E-state index is 0.0627. The highest BCUT2D eigenvalue weighted by atomic mass is 31.2. The van der Waals surface area contributed by atoms with Crippen molar-refractivity contribution in [1.29, 1.82) is 0 Å². The molecule has 0 spiro atoms. The molecule has 0 bridgehead atoms. The van der Waals surface area contributed by atoms with Crippen molar-refractivity contribution in [3.63, 3.8) is 0 Å². The van der Waals surface area contributed by atoms with Gasteiger partial charge in [0, 0.05) is 19.3 Å². The highest BCUT2D eigenvalue weighted by Crippen LogP contribution is 2.45. The molecule has 0 aliphatic rings. The molecule has 17 nitrogen and oxygen atoms in total. The summed E-state index contributed by atoms with van der Waals surface area (Å²) in [6.45, 7) is 4.47. The Labute approximate surface area is 605 Å². The van der Waals surface area contributed by atoms with E-state index in [0.717, 1.165) is 141 Å². The standard InChI is InChI=1S/C81H136O17P2/c1-5-9-13-17-21-25-29-33-35-36-37-38-40-44-46-50-54-58-62-66-79(84)92-72-77(98-81(86)68-64-60-56-52-48-42-32-28-24-20-16-12-8-4)74-96-100(89,90)94-70-75(82)69-93-99(87,88)95-73-76(97-80(85)67-63-59-55-51-47-41-31-27-23-19-15-11-7-3)71-91-78(83)65-61-57-53-49-45-43-39-34-30-26-22-18-14-10-6-2/h9-10,13-14,21-22,25-27,31,33-35,37-39,44-46,49,57,61,75-77,82H,5-8,11-12,15-20,23-24,28-30,32,36,40-43,47-48,50-56,58-60,62-74H2,1-4H3,(H,87,88)(H,89,90)/b13-9-,14-10-,25-21-,26-22-,31-27-,35-33-,38-37-,39-34-,46-44-,49-45-,61-57-. The van der Waals surface area contributed by atoms with E-state index < -0.39 is 97.5 Å². The Balaban J connectivity index is 5.43. The molecule has 0 aromatic carbocycles. The second-order valence-corrected chi connectivity index (χ2v) is 28.1. The number of carbonyl (C=O) groups excluding carboxylic acids is 4. The fraction of sp³-hybridized carbons (Fsp3) is 0.679. The van der Waals surface area contributed by atoms with E-state index in [9.17, 15) is 43.2 Å². The van der Waals surface area contributed by atoms with Crippen molar-refractivity contribution in [2.24, 2.45) is 0 Å². The maximum absolute atomic E-state index is 13.1. The van der Waals surface area contributed by atoms with Crippen LogP contribution < -0.4 is 0 Å². The van der Waals surface area contributed by atoms with Crippen molar-refractivity contribution >= 4 is 39.5 Å². The topological polar surface area (TPSA) is 237 Å². The molecular weight excluding hydrogens is 1310 g/mol. The molecule has 0 heterocycles. The second-order valence-electron chi connectivity index (χ2n) is 25.2. The van der Waals surface area contributed by atoms with Crippen molar-refractivity contribution in [1.82, 2.24) is 0 Å². The number of hydrogen-bond acceptors (Lipinski definition) is 15. The molecule has 0 fully saturated rings. The smallest absolute Gasteiger partial charge is 0.462 e. The molecule has 0 aromatic heterocycles. The summed E-state index contributed by atoms with van der Waals surface area (Å²) in [5.41, 5.74) is 0. The van der Waals surface area contributed by atoms with Crippen LogP contribution in [0.1, 0.15) is 297 Å². The molecule has 0 saturated heterocycles. The normalized spacial score (nSPS) is 14.7. The number of ether oxygens (including phenoxy) is 4. The largest absolute Gasteiger partial charge is 0.472 e. The number of esters is 4. The van der Waals surface area contributed by atoms with Gasteiger partial charge in [-0.25, -0.2) is 9.13 Å². The van der Waals surface area contributed by atoms with Gasteiger partial charge in [-0.15, -0.1) is 0 Å². The number of aliphatic hydroxyl groups excluding tert-OH is 1. The van der Waals surface area contributed by atoms with Crippen LogP contribution in [0.2, 0.25) is 0 Å². The third-order valence-corrected chi connectivity index (χ3v) is 17.5. The van der Waals surface area contributed by atoms with Crippen molar-refractivity contribution in [3.8, 4) is 0 Å². The van der Waals surface area contributed by atoms with E-state index in [1.54, 1.807) is 6.08 Å². The number of carbonyl (C=O) groups is 4. The van der Waals surface area contributed by atoms with E-state index in [4.69, 9.17) is 37.0 Å². The van der Waals surface area contributed by atoms with Crippen LogP contribution in [0.15, 0.2) is 134 Å². The van der Waals surface area contributed by atoms with E-state index in [1.807, 2.05) is 18.2 Å². The van der Waals surface area contributed by atoms with Crippen LogP contribution >= 0.6 is 15.6 Å². The van der Waals surface area contributed by atoms with Crippen molar-refractivity contribution in [2.45, 2.75) is 316 Å². The zero-order valence-corrected chi connectivity index (χ0v) is 64.1. The molecule has 100 heavy (non-hydrogen) atoms. The van der Waals surface area contributed by atoms with Gasteiger partial charge in [-0.2, -0.15) is 0 Å². The maximum Gasteiger partial charge on any atom is 0.472 e. The van der Waals surface area contributed by atoms with E-state index in [-0.39, 0.29) is 25.7 Å². The quantitative estimate of drug-likeness (QED) is 0.0169. The Morgan fingerprint density at radius 3 is 0.920 bits per heavy atom. The van der Waals surface area contributed by atoms with Gasteiger partial charge < -0.3 is 33.8 Å². The minimum Gasteiger partial charge on any atom is -0.462 e. The molecule has 5 atom stereocenters. The lowest BCUT2D eigenvalue weighted by atomic mass is 10.0. The number of phosphoric ester groups is 2. The predicted octanol–water partition coefficient (Wildman–Crippen LogP) is 22.1. The molecule has 0 aliphatic carbocycles. The number of hydrogen-bond donors (Lipinski definition) is 3. The third-order valence-electron chi connectivity index (χ3n) is 15.6. The summed E-state index contributed by atoms with van der Waals surface area (Å²) >= 11 is 0. The molecule has 572 valence electrons. The van der Waals surface area contributed by atoms with Gasteiger partial charge in [0.25, 0.3) is 0 Å². The molecule has 0 radical (unpaired) electrons. The summed E-state index contributed by atoms with van der Waals surface area (Å²) < 4.78 is 68.3. The molecule has 0 aromatic rings. The molecule has 19 heteroatoms. The third kappa shape index (κ3) is 71.6. The summed E-state index contributed by atoms with van der Waals surface area (Å²) in [6.07, 6.45) is 80.4. The Morgan fingerprint density at radius 2 is 0.560 bits per heavy atom. The van der Waals surface area contributed by atoms with Crippen LogP contribution in [0.5, 0.6) is 0 Å². The van der Waals surface area contributed by atoms with Crippen molar-refractivity contribution in [3.05, 3.63) is 134 Å². The van der Waals surface area contributed by atoms with Gasteiger partial charge >= 0.3 is 39.5 Å². The van der Waals surface area contributed by atoms with E-state index in [1.165, 1.54) is 77.0 Å². The molecule has 5 unspecified atom stereocenters. The fourth-order valence-electron chi connectivity index (χ4n) is 9.84. The first kappa shape index (κ1) is 95.2. The minimum atomic E-state index is -5.00. The monoisotopic (exact) mass is 1440 g/mol. The summed E-state index contributed by atoms with van der Waals surface area (Å²) in [5, 5.41) is 10.6. The summed E-state index contributed by atoms with van der Waals surface area (Å²) in [4.78, 5) is 72.8. The van der Waals surface area contributed by atoms with Crippen LogP contribution in [0, 0.1) is 0 Å². The van der Waals surface area contributed by atoms with Crippen molar-refractivity contribution < 1.29 is 80.2 Å². The zero-order valence-electron chi connectivity index (χ0n) is 62.3. The van der Waals surface area contributed by atoms with Gasteiger partial charge in [0.1, 0.15) is 19.3 Å². The molecule has 0 amide bonds. The number of phosphoric acid groups is 2. The lowest BCUT2D eigenvalue weighted by Gasteiger charge is -2.21. The maximum atomic E-state index is 13.1. The van der Waals surface area contributed by atoms with E-state index >= 15 is 0 Å². The number of rotatable bonds is 71. The lowest BCUT2D eigenvalue weighted by Crippen LogP contribution is -2.30. The van der Waals surface area contributed by atoms with Gasteiger partial charge in [0.15, 0.2) is 12.2 Å². The van der Waals surface area contributed by atoms with Crippen LogP contribution in [-0.4, -0.2) is 96.7 Å². The number of aliphatic hydroxyl groups is 1. The molecule has 0 saturated carbocycles. The van der Waals surface area contributed by atoms with Gasteiger partial charge in [-0.3, -0.25) is 37.3 Å². The Bertz CT molecular complexity index is 2420. The molecule has 0 aliphatic heterocycles. The van der Waals surface area contributed by atoms with Gasteiger partial charge in [0.05, 0.1) is 32.8 Å². The average Bonchev–Trinajstić information content (AvgIpc) is 0.935. The highest BCUT2D eigenvalue weighted by molar-refractivity contribution is 7.47. The first-order valence-corrected chi connectivity index (χ1v) is 41.4. The number of allylic oxidation sites excluding steroid dienone is 21. The predicted molar refractivity (Wildman–Crippen MR) is 408 cm³/mol. The second kappa shape index (κ2) is 72.5. The van der Waals surface area contributed by atoms with Gasteiger partial charge in [-0.05, 0) is 122 Å². The Hall–Kier alpha value is -4.80. The molecule has 3 N–H and O–H groups in total. The Kier molecular flexibility index (Phi) is 69.1. The van der Waals surface area contributed by atoms with Crippen LogP contribution in [-0.2, 0) is 65.4 Å². The first-order chi connectivity index (χ1) is 48.7. The van der Waals surface area contributed by atoms with Gasteiger partial charge in [-0.1, -0.05) is 283 Å². The lowest BCUT2D eigenvalue weighted by molar-refractivity contribution is -0.161.